The quantitative estimate of drug-likeness (QED) is 0.693. The van der Waals surface area contributed by atoms with E-state index < -0.39 is 0 Å². The van der Waals surface area contributed by atoms with E-state index in [2.05, 4.69) is 99.8 Å². The summed E-state index contributed by atoms with van der Waals surface area (Å²) in [6, 6.07) is 18.3. The van der Waals surface area contributed by atoms with Crippen LogP contribution in [0, 0.1) is 0 Å². The van der Waals surface area contributed by atoms with E-state index in [0.29, 0.717) is 6.04 Å². The van der Waals surface area contributed by atoms with Gasteiger partial charge in [0.15, 0.2) is 0 Å². The van der Waals surface area contributed by atoms with Gasteiger partial charge in [0.25, 0.3) is 0 Å². The molecule has 0 fully saturated rings. The van der Waals surface area contributed by atoms with E-state index in [0.717, 1.165) is 0 Å². The van der Waals surface area contributed by atoms with Crippen LogP contribution >= 0.6 is 0 Å². The van der Waals surface area contributed by atoms with E-state index in [-0.39, 0.29) is 20.9 Å². The Morgan fingerprint density at radius 2 is 1.77 bits per heavy atom. The molecule has 1 unspecified atom stereocenters. The second kappa shape index (κ2) is 7.08. The molecule has 2 nitrogen and oxygen atoms in total. The first-order chi connectivity index (χ1) is 12.5. The third kappa shape index (κ3) is 3.16. The van der Waals surface area contributed by atoms with Crippen LogP contribution in [0.4, 0.5) is 5.69 Å². The molecule has 26 heavy (non-hydrogen) atoms. The Bertz CT molecular complexity index is 920. The molecule has 0 aromatic heterocycles. The third-order valence-corrected chi connectivity index (χ3v) is 8.27. The number of nitrogens with one attached hydrogen (secondary N) is 1. The van der Waals surface area contributed by atoms with Gasteiger partial charge >= 0.3 is 167 Å². The van der Waals surface area contributed by atoms with Gasteiger partial charge in [-0.25, -0.2) is 0 Å². The molecule has 0 saturated carbocycles. The van der Waals surface area contributed by atoms with Crippen molar-refractivity contribution in [3.63, 3.8) is 0 Å². The number of rotatable bonds is 3. The van der Waals surface area contributed by atoms with Gasteiger partial charge in [0.2, 0.25) is 0 Å². The molecular weight excluding hydrogens is 432 g/mol. The zero-order chi connectivity index (χ0) is 18.3. The second-order valence-corrected chi connectivity index (χ2v) is 10.4. The van der Waals surface area contributed by atoms with Crippen LogP contribution in [0.25, 0.3) is 5.57 Å². The Morgan fingerprint density at radius 1 is 1.00 bits per heavy atom. The topological polar surface area (TPSA) is 7.68 Å². The molecule has 1 aliphatic heterocycles. The van der Waals surface area contributed by atoms with Crippen molar-refractivity contribution in [2.24, 2.45) is 0 Å². The second-order valence-electron chi connectivity index (χ2n) is 7.32. The molecule has 3 heteroatoms. The minimum atomic E-state index is -0.383. The summed E-state index contributed by atoms with van der Waals surface area (Å²) < 4.78 is 3.14. The number of hydrogen-bond acceptors (Lipinski definition) is 1. The predicted octanol–water partition coefficient (Wildman–Crippen LogP) is 1.86. The first kappa shape index (κ1) is 17.6. The molecule has 2 aromatic carbocycles. The van der Waals surface area contributed by atoms with Gasteiger partial charge in [-0.05, 0) is 0 Å². The molecule has 0 spiro atoms. The van der Waals surface area contributed by atoms with E-state index >= 15 is 0 Å². The molecule has 1 aliphatic carbocycles. The molecule has 1 N–H and O–H groups in total. The summed E-state index contributed by atoms with van der Waals surface area (Å²) in [5, 5.41) is 0. The Kier molecular flexibility index (Phi) is 4.80. The van der Waals surface area contributed by atoms with E-state index in [9.17, 15) is 0 Å². The van der Waals surface area contributed by atoms with Crippen molar-refractivity contribution in [1.29, 1.82) is 0 Å². The van der Waals surface area contributed by atoms with Gasteiger partial charge in [0, 0.05) is 0 Å². The SMILES string of the molecule is CN(C)c1ccc2c(c1)[Te]C1=CC([NH+](C)C)C=CC1=C2c1ccccc1. The normalized spacial score (nSPS) is 18.5. The van der Waals surface area contributed by atoms with Crippen LogP contribution in [0.3, 0.4) is 0 Å². The van der Waals surface area contributed by atoms with Crippen molar-refractivity contribution in [1.82, 2.24) is 0 Å². The van der Waals surface area contributed by atoms with Crippen LogP contribution in [-0.4, -0.2) is 55.2 Å². The molecule has 0 amide bonds. The number of likely N-dealkylation sites (N-methyl/N-ethyl adjacent to an activating group) is 1. The summed E-state index contributed by atoms with van der Waals surface area (Å²) in [5.74, 6) is 0. The molecule has 1 heterocycles. The molecule has 0 radical (unpaired) electrons. The Hall–Kier alpha value is -1.79. The number of fused-ring (bicyclic) bond motifs is 2. The van der Waals surface area contributed by atoms with Gasteiger partial charge in [-0.3, -0.25) is 0 Å². The van der Waals surface area contributed by atoms with Crippen molar-refractivity contribution in [2.45, 2.75) is 6.04 Å². The first-order valence-electron chi connectivity index (χ1n) is 9.04. The average Bonchev–Trinajstić information content (AvgIpc) is 2.65. The zero-order valence-electron chi connectivity index (χ0n) is 15.8. The van der Waals surface area contributed by atoms with E-state index in [1.807, 2.05) is 0 Å². The van der Waals surface area contributed by atoms with Crippen LogP contribution in [-0.2, 0) is 0 Å². The summed E-state index contributed by atoms with van der Waals surface area (Å²) in [6.07, 6.45) is 7.26. The maximum absolute atomic E-state index is 2.52. The van der Waals surface area contributed by atoms with Crippen LogP contribution in [0.15, 0.2) is 76.0 Å². The Balaban J connectivity index is 1.93. The van der Waals surface area contributed by atoms with E-state index in [1.54, 1.807) is 7.23 Å². The summed E-state index contributed by atoms with van der Waals surface area (Å²) in [5.41, 5.74) is 6.89. The molecule has 2 aliphatic rings. The average molecular weight is 457 g/mol. The maximum atomic E-state index is 2.52. The van der Waals surface area contributed by atoms with Gasteiger partial charge < -0.3 is 0 Å². The van der Waals surface area contributed by atoms with Crippen LogP contribution < -0.4 is 13.4 Å². The predicted molar refractivity (Wildman–Crippen MR) is 112 cm³/mol. The van der Waals surface area contributed by atoms with Gasteiger partial charge in [0.1, 0.15) is 0 Å². The number of nitrogens with zero attached hydrogens (tertiary/aromatic N) is 1. The third-order valence-electron chi connectivity index (χ3n) is 5.04. The first-order valence-corrected chi connectivity index (χ1v) is 11.4. The molecule has 132 valence electrons. The fraction of sp³-hybridized carbons (Fsp3) is 0.217. The van der Waals surface area contributed by atoms with E-state index in [4.69, 9.17) is 0 Å². The van der Waals surface area contributed by atoms with E-state index in [1.165, 1.54) is 32.9 Å². The van der Waals surface area contributed by atoms with Gasteiger partial charge in [0.05, 0.1) is 0 Å². The monoisotopic (exact) mass is 459 g/mol. The molecule has 4 rings (SSSR count). The minimum absolute atomic E-state index is 0.383. The number of allylic oxidation sites excluding steroid dienone is 3. The number of anilines is 1. The fourth-order valence-electron chi connectivity index (χ4n) is 3.50. The Labute approximate surface area is 166 Å². The summed E-state index contributed by atoms with van der Waals surface area (Å²) in [7, 11) is 8.72. The van der Waals surface area contributed by atoms with Crippen molar-refractivity contribution < 1.29 is 4.90 Å². The van der Waals surface area contributed by atoms with Gasteiger partial charge in [-0.15, -0.1) is 0 Å². The number of hydrogen-bond donors (Lipinski definition) is 1. The van der Waals surface area contributed by atoms with Gasteiger partial charge in [-0.2, -0.15) is 0 Å². The molecular formula is C23H25N2Te+. The van der Waals surface area contributed by atoms with Gasteiger partial charge in [-0.1, -0.05) is 0 Å². The Morgan fingerprint density at radius 3 is 2.46 bits per heavy atom. The molecule has 1 atom stereocenters. The molecule has 2 aromatic rings. The summed E-state index contributed by atoms with van der Waals surface area (Å²) >= 11 is -0.383. The standard InChI is InChI=1S/C23H24N2Te/c1-24(2)17-10-12-19-21(14-17)26-22-15-18(25(3)4)11-13-20(22)23(19)16-8-6-5-7-9-16/h5-15,17H,1-4H3/p+1. The van der Waals surface area contributed by atoms with Crippen LogP contribution in [0.5, 0.6) is 0 Å². The van der Waals surface area contributed by atoms with Crippen LogP contribution in [0.2, 0.25) is 0 Å². The molecule has 0 saturated heterocycles. The van der Waals surface area contributed by atoms with Crippen molar-refractivity contribution in [3.05, 3.63) is 87.1 Å². The van der Waals surface area contributed by atoms with Crippen LogP contribution in [0.1, 0.15) is 11.1 Å². The summed E-state index contributed by atoms with van der Waals surface area (Å²) in [6.45, 7) is 0. The fourth-order valence-corrected chi connectivity index (χ4v) is 6.90. The number of benzene rings is 2. The zero-order valence-corrected chi connectivity index (χ0v) is 18.1. The summed E-state index contributed by atoms with van der Waals surface area (Å²) in [4.78, 5) is 3.67. The molecule has 0 bridgehead atoms. The van der Waals surface area contributed by atoms with Crippen molar-refractivity contribution in [3.8, 4) is 0 Å². The van der Waals surface area contributed by atoms with Crippen molar-refractivity contribution >= 4 is 35.8 Å². The van der Waals surface area contributed by atoms with Crippen molar-refractivity contribution in [2.75, 3.05) is 33.1 Å². The number of quaternary nitrogens is 1.